The van der Waals surface area contributed by atoms with Crippen molar-refractivity contribution in [2.75, 3.05) is 6.54 Å². The number of amides is 1. The van der Waals surface area contributed by atoms with E-state index in [1.807, 2.05) is 6.92 Å². The second-order valence-electron chi connectivity index (χ2n) is 4.87. The molecular weight excluding hydrogens is 246 g/mol. The minimum Gasteiger partial charge on any atom is -0.507 e. The van der Waals surface area contributed by atoms with Gasteiger partial charge < -0.3 is 15.1 Å². The fraction of sp³-hybridized carbons (Fsp3) is 0.429. The lowest BCUT2D eigenvalue weighted by Gasteiger charge is -2.33. The van der Waals surface area contributed by atoms with E-state index in [2.05, 4.69) is 0 Å². The van der Waals surface area contributed by atoms with Crippen molar-refractivity contribution in [2.45, 2.75) is 32.2 Å². The highest BCUT2D eigenvalue weighted by Gasteiger charge is 2.33. The van der Waals surface area contributed by atoms with Crippen molar-refractivity contribution in [2.24, 2.45) is 0 Å². The van der Waals surface area contributed by atoms with Gasteiger partial charge >= 0.3 is 5.97 Å². The molecule has 1 aliphatic heterocycles. The number of rotatable bonds is 2. The standard InChI is InChI=1S/C14H17NO4/c1-9-5-6-10(12(16)8-9)13(17)15-7-3-2-4-11(15)14(18)19/h5-6,8,11,16H,2-4,7H2,1H3,(H,18,19)/t11-/m0/s1. The molecule has 102 valence electrons. The minimum absolute atomic E-state index is 0.0975. The van der Waals surface area contributed by atoms with Crippen LogP contribution in [0.3, 0.4) is 0 Å². The quantitative estimate of drug-likeness (QED) is 0.852. The van der Waals surface area contributed by atoms with E-state index in [0.29, 0.717) is 13.0 Å². The third-order valence-corrected chi connectivity index (χ3v) is 3.43. The van der Waals surface area contributed by atoms with Crippen molar-refractivity contribution in [3.05, 3.63) is 29.3 Å². The molecule has 0 spiro atoms. The Kier molecular flexibility index (Phi) is 3.74. The predicted molar refractivity (Wildman–Crippen MR) is 69.2 cm³/mol. The first-order chi connectivity index (χ1) is 9.00. The fourth-order valence-electron chi connectivity index (χ4n) is 2.41. The summed E-state index contributed by atoms with van der Waals surface area (Å²) >= 11 is 0. The molecule has 2 rings (SSSR count). The van der Waals surface area contributed by atoms with E-state index >= 15 is 0 Å². The number of phenolic OH excluding ortho intramolecular Hbond substituents is 1. The number of aliphatic carboxylic acids is 1. The van der Waals surface area contributed by atoms with Crippen molar-refractivity contribution in [1.29, 1.82) is 0 Å². The van der Waals surface area contributed by atoms with E-state index in [-0.39, 0.29) is 11.3 Å². The lowest BCUT2D eigenvalue weighted by molar-refractivity contribution is -0.143. The van der Waals surface area contributed by atoms with Gasteiger partial charge in [0.25, 0.3) is 5.91 Å². The van der Waals surface area contributed by atoms with Gasteiger partial charge in [0, 0.05) is 6.54 Å². The highest BCUT2D eigenvalue weighted by atomic mass is 16.4. The van der Waals surface area contributed by atoms with Gasteiger partial charge in [-0.25, -0.2) is 4.79 Å². The third-order valence-electron chi connectivity index (χ3n) is 3.43. The normalized spacial score (nSPS) is 19.2. The van der Waals surface area contributed by atoms with Crippen LogP contribution < -0.4 is 0 Å². The topological polar surface area (TPSA) is 77.8 Å². The van der Waals surface area contributed by atoms with Crippen LogP contribution in [-0.4, -0.2) is 39.6 Å². The van der Waals surface area contributed by atoms with Gasteiger partial charge in [-0.2, -0.15) is 0 Å². The van der Waals surface area contributed by atoms with E-state index in [1.165, 1.54) is 11.0 Å². The first kappa shape index (κ1) is 13.4. The molecule has 5 nitrogen and oxygen atoms in total. The number of likely N-dealkylation sites (tertiary alicyclic amines) is 1. The molecule has 1 aromatic rings. The average molecular weight is 263 g/mol. The van der Waals surface area contributed by atoms with Gasteiger partial charge in [0.05, 0.1) is 5.56 Å². The molecule has 2 N–H and O–H groups in total. The lowest BCUT2D eigenvalue weighted by Crippen LogP contribution is -2.48. The summed E-state index contributed by atoms with van der Waals surface area (Å²) in [7, 11) is 0. The monoisotopic (exact) mass is 263 g/mol. The van der Waals surface area contributed by atoms with Crippen molar-refractivity contribution < 1.29 is 19.8 Å². The highest BCUT2D eigenvalue weighted by Crippen LogP contribution is 2.25. The summed E-state index contributed by atoms with van der Waals surface area (Å²) < 4.78 is 0. The van der Waals surface area contributed by atoms with E-state index in [9.17, 15) is 14.7 Å². The summed E-state index contributed by atoms with van der Waals surface area (Å²) in [6, 6.07) is 3.99. The number of carboxylic acids is 1. The second-order valence-corrected chi connectivity index (χ2v) is 4.87. The Hall–Kier alpha value is -2.04. The van der Waals surface area contributed by atoms with Gasteiger partial charge in [-0.3, -0.25) is 4.79 Å². The fourth-order valence-corrected chi connectivity index (χ4v) is 2.41. The molecule has 1 aromatic carbocycles. The van der Waals surface area contributed by atoms with Crippen molar-refractivity contribution in [1.82, 2.24) is 4.90 Å². The van der Waals surface area contributed by atoms with Crippen LogP contribution >= 0.6 is 0 Å². The number of aromatic hydroxyl groups is 1. The molecule has 19 heavy (non-hydrogen) atoms. The number of hydrogen-bond donors (Lipinski definition) is 2. The number of hydrogen-bond acceptors (Lipinski definition) is 3. The predicted octanol–water partition coefficient (Wildman–Crippen LogP) is 1.78. The highest BCUT2D eigenvalue weighted by molar-refractivity contribution is 5.99. The molecule has 1 amide bonds. The number of nitrogens with zero attached hydrogens (tertiary/aromatic N) is 1. The molecule has 0 saturated carbocycles. The molecule has 0 bridgehead atoms. The Morgan fingerprint density at radius 3 is 2.68 bits per heavy atom. The van der Waals surface area contributed by atoms with Crippen molar-refractivity contribution in [3.8, 4) is 5.75 Å². The maximum absolute atomic E-state index is 12.3. The van der Waals surface area contributed by atoms with E-state index in [4.69, 9.17) is 5.11 Å². The summed E-state index contributed by atoms with van der Waals surface area (Å²) in [5.41, 5.74) is 1.02. The first-order valence-electron chi connectivity index (χ1n) is 6.34. The second kappa shape index (κ2) is 5.30. The number of carboxylic acid groups (broad SMARTS) is 1. The zero-order valence-corrected chi connectivity index (χ0v) is 10.8. The lowest BCUT2D eigenvalue weighted by atomic mass is 10.0. The Morgan fingerprint density at radius 1 is 1.32 bits per heavy atom. The van der Waals surface area contributed by atoms with E-state index in [0.717, 1.165) is 18.4 Å². The van der Waals surface area contributed by atoms with Gasteiger partial charge in [0.2, 0.25) is 0 Å². The first-order valence-corrected chi connectivity index (χ1v) is 6.34. The molecule has 0 unspecified atom stereocenters. The third kappa shape index (κ3) is 2.70. The molecule has 1 aliphatic rings. The number of benzene rings is 1. The smallest absolute Gasteiger partial charge is 0.326 e. The molecule has 5 heteroatoms. The Morgan fingerprint density at radius 2 is 2.05 bits per heavy atom. The molecule has 0 aliphatic carbocycles. The van der Waals surface area contributed by atoms with Crippen molar-refractivity contribution in [3.63, 3.8) is 0 Å². The van der Waals surface area contributed by atoms with Gasteiger partial charge in [-0.1, -0.05) is 6.07 Å². The van der Waals surface area contributed by atoms with Crippen LogP contribution in [0.15, 0.2) is 18.2 Å². The average Bonchev–Trinajstić information content (AvgIpc) is 2.38. The largest absolute Gasteiger partial charge is 0.507 e. The van der Waals surface area contributed by atoms with Crippen LogP contribution in [0.2, 0.25) is 0 Å². The summed E-state index contributed by atoms with van der Waals surface area (Å²) in [6.45, 7) is 2.23. The van der Waals surface area contributed by atoms with Crippen LogP contribution in [0.4, 0.5) is 0 Å². The van der Waals surface area contributed by atoms with Crippen molar-refractivity contribution >= 4 is 11.9 Å². The summed E-state index contributed by atoms with van der Waals surface area (Å²) in [6.07, 6.45) is 2.07. The molecule has 0 aromatic heterocycles. The van der Waals surface area contributed by atoms with Gasteiger partial charge in [-0.05, 0) is 43.9 Å². The van der Waals surface area contributed by atoms with Crippen LogP contribution in [0.1, 0.15) is 35.2 Å². The SMILES string of the molecule is Cc1ccc(C(=O)N2CCCC[C@H]2C(=O)O)c(O)c1. The number of aryl methyl sites for hydroxylation is 1. The van der Waals surface area contributed by atoms with Crippen LogP contribution in [0.25, 0.3) is 0 Å². The number of piperidine rings is 1. The Labute approximate surface area is 111 Å². The summed E-state index contributed by atoms with van der Waals surface area (Å²) in [5.74, 6) is -1.50. The molecule has 0 radical (unpaired) electrons. The van der Waals surface area contributed by atoms with E-state index in [1.54, 1.807) is 12.1 Å². The molecule has 1 saturated heterocycles. The van der Waals surface area contributed by atoms with Gasteiger partial charge in [0.1, 0.15) is 11.8 Å². The molecular formula is C14H17NO4. The molecule has 1 heterocycles. The van der Waals surface area contributed by atoms with Gasteiger partial charge in [-0.15, -0.1) is 0 Å². The molecule has 1 atom stereocenters. The van der Waals surface area contributed by atoms with Gasteiger partial charge in [0.15, 0.2) is 0 Å². The van der Waals surface area contributed by atoms with Crippen LogP contribution in [0, 0.1) is 6.92 Å². The maximum Gasteiger partial charge on any atom is 0.326 e. The minimum atomic E-state index is -0.986. The zero-order valence-electron chi connectivity index (χ0n) is 10.8. The zero-order chi connectivity index (χ0) is 14.0. The van der Waals surface area contributed by atoms with E-state index < -0.39 is 17.9 Å². The van der Waals surface area contributed by atoms with Crippen LogP contribution in [0.5, 0.6) is 5.75 Å². The summed E-state index contributed by atoms with van der Waals surface area (Å²) in [5, 5.41) is 19.0. The number of carbonyl (C=O) groups is 2. The Balaban J connectivity index is 2.28. The number of phenols is 1. The van der Waals surface area contributed by atoms with Crippen LogP contribution in [-0.2, 0) is 4.79 Å². The Bertz CT molecular complexity index is 512. The maximum atomic E-state index is 12.3. The number of carbonyl (C=O) groups excluding carboxylic acids is 1. The summed E-state index contributed by atoms with van der Waals surface area (Å²) in [4.78, 5) is 24.9. The molecule has 1 fully saturated rings.